The molecule has 1 aliphatic heterocycles. The molecule has 0 bridgehead atoms. The number of hydrogen-bond donors (Lipinski definition) is 2. The summed E-state index contributed by atoms with van der Waals surface area (Å²) in [7, 11) is -2.44. The van der Waals surface area contributed by atoms with Crippen LogP contribution < -0.4 is 10.0 Å². The summed E-state index contributed by atoms with van der Waals surface area (Å²) in [6.45, 7) is 7.05. The van der Waals surface area contributed by atoms with Gasteiger partial charge in [0.1, 0.15) is 5.69 Å². The fourth-order valence-electron chi connectivity index (χ4n) is 3.34. The Balaban J connectivity index is 2.20. The Morgan fingerprint density at radius 3 is 2.46 bits per heavy atom. The van der Waals surface area contributed by atoms with E-state index in [9.17, 15) is 18.5 Å². The first-order valence-corrected chi connectivity index (χ1v) is 10.4. The van der Waals surface area contributed by atoms with Gasteiger partial charge in [0, 0.05) is 18.7 Å². The average molecular weight is 385 g/mol. The van der Waals surface area contributed by atoms with E-state index in [-0.39, 0.29) is 10.6 Å². The third-order valence-electron chi connectivity index (χ3n) is 4.67. The molecule has 0 spiro atoms. The van der Waals surface area contributed by atoms with Crippen LogP contribution in [-0.2, 0) is 10.0 Å². The van der Waals surface area contributed by atoms with Crippen LogP contribution >= 0.6 is 0 Å². The Bertz CT molecular complexity index is 730. The van der Waals surface area contributed by atoms with Gasteiger partial charge >= 0.3 is 0 Å². The van der Waals surface area contributed by atoms with E-state index >= 15 is 0 Å². The monoisotopic (exact) mass is 384 g/mol. The van der Waals surface area contributed by atoms with E-state index in [2.05, 4.69) is 28.8 Å². The summed E-state index contributed by atoms with van der Waals surface area (Å²) in [6, 6.07) is 4.26. The zero-order valence-corrected chi connectivity index (χ0v) is 16.4. The van der Waals surface area contributed by atoms with Gasteiger partial charge < -0.3 is 5.32 Å². The van der Waals surface area contributed by atoms with E-state index in [1.165, 1.54) is 32.0 Å². The van der Waals surface area contributed by atoms with Crippen LogP contribution in [0.15, 0.2) is 23.1 Å². The molecule has 1 aliphatic rings. The molecule has 0 radical (unpaired) electrons. The molecule has 1 aromatic rings. The number of anilines is 1. The van der Waals surface area contributed by atoms with Crippen LogP contribution in [0.4, 0.5) is 11.4 Å². The molecule has 2 rings (SSSR count). The number of nitro groups is 1. The predicted molar refractivity (Wildman–Crippen MR) is 102 cm³/mol. The molecule has 1 heterocycles. The van der Waals surface area contributed by atoms with Gasteiger partial charge in [0.15, 0.2) is 0 Å². The minimum Gasteiger partial charge on any atom is -0.378 e. The summed E-state index contributed by atoms with van der Waals surface area (Å²) in [6.07, 6.45) is 3.38. The lowest BCUT2D eigenvalue weighted by molar-refractivity contribution is -0.384. The molecular formula is C17H28N4O4S. The molecule has 26 heavy (non-hydrogen) atoms. The number of likely N-dealkylation sites (tertiary alicyclic amines) is 1. The molecule has 8 nitrogen and oxygen atoms in total. The first-order valence-electron chi connectivity index (χ1n) is 8.94. The van der Waals surface area contributed by atoms with E-state index < -0.39 is 14.9 Å². The maximum atomic E-state index is 11.9. The number of rotatable bonds is 9. The van der Waals surface area contributed by atoms with Crippen molar-refractivity contribution in [2.45, 2.75) is 44.0 Å². The first-order chi connectivity index (χ1) is 12.2. The Morgan fingerprint density at radius 1 is 1.27 bits per heavy atom. The van der Waals surface area contributed by atoms with Gasteiger partial charge in [-0.1, -0.05) is 13.8 Å². The van der Waals surface area contributed by atoms with Crippen LogP contribution in [0.1, 0.15) is 33.1 Å². The van der Waals surface area contributed by atoms with Gasteiger partial charge in [-0.05, 0) is 57.5 Å². The molecule has 9 heteroatoms. The molecule has 0 aliphatic carbocycles. The lowest BCUT2D eigenvalue weighted by Gasteiger charge is -2.29. The van der Waals surface area contributed by atoms with E-state index in [4.69, 9.17) is 0 Å². The summed E-state index contributed by atoms with van der Waals surface area (Å²) >= 11 is 0. The third-order valence-corrected chi connectivity index (χ3v) is 6.09. The van der Waals surface area contributed by atoms with Crippen LogP contribution in [0, 0.1) is 16.0 Å². The van der Waals surface area contributed by atoms with Crippen LogP contribution in [0.5, 0.6) is 0 Å². The van der Waals surface area contributed by atoms with Gasteiger partial charge in [0.05, 0.1) is 9.82 Å². The van der Waals surface area contributed by atoms with Crippen molar-refractivity contribution in [1.29, 1.82) is 0 Å². The molecule has 146 valence electrons. The van der Waals surface area contributed by atoms with E-state index in [1.54, 1.807) is 0 Å². The van der Waals surface area contributed by atoms with E-state index in [1.807, 2.05) is 0 Å². The maximum absolute atomic E-state index is 11.9. The van der Waals surface area contributed by atoms with Gasteiger partial charge in [-0.3, -0.25) is 15.0 Å². The zero-order valence-electron chi connectivity index (χ0n) is 15.6. The fourth-order valence-corrected chi connectivity index (χ4v) is 4.09. The predicted octanol–water partition coefficient (Wildman–Crippen LogP) is 2.43. The average Bonchev–Trinajstić information content (AvgIpc) is 3.12. The van der Waals surface area contributed by atoms with Crippen LogP contribution in [0.2, 0.25) is 0 Å². The van der Waals surface area contributed by atoms with Gasteiger partial charge in [-0.25, -0.2) is 13.1 Å². The normalized spacial score (nSPS) is 16.8. The number of hydrogen-bond acceptors (Lipinski definition) is 6. The standard InChI is InChI=1S/C17H28N4O4S/c1-13(2)10-14(20-8-4-5-9-20)12-19-16-7-6-15(26(24,25)18-3)11-17(16)21(22)23/h6-7,11,13-14,18-19H,4-5,8-10,12H2,1-3H3/t14-/m0/s1. The second-order valence-corrected chi connectivity index (χ2v) is 8.94. The van der Waals surface area contributed by atoms with Crippen molar-refractivity contribution in [3.05, 3.63) is 28.3 Å². The summed E-state index contributed by atoms with van der Waals surface area (Å²) < 4.78 is 25.9. The highest BCUT2D eigenvalue weighted by atomic mass is 32.2. The molecule has 1 saturated heterocycles. The number of benzene rings is 1. The Kier molecular flexibility index (Phi) is 6.96. The topological polar surface area (TPSA) is 105 Å². The van der Waals surface area contributed by atoms with Crippen molar-refractivity contribution in [2.24, 2.45) is 5.92 Å². The van der Waals surface area contributed by atoms with Crippen molar-refractivity contribution in [2.75, 3.05) is 32.0 Å². The quantitative estimate of drug-likeness (QED) is 0.500. The Hall–Kier alpha value is -1.71. The molecule has 1 aromatic carbocycles. The highest BCUT2D eigenvalue weighted by Gasteiger charge is 2.25. The van der Waals surface area contributed by atoms with Gasteiger partial charge in [0.2, 0.25) is 10.0 Å². The van der Waals surface area contributed by atoms with Crippen LogP contribution in [0.3, 0.4) is 0 Å². The molecule has 0 amide bonds. The van der Waals surface area contributed by atoms with Gasteiger partial charge in [-0.2, -0.15) is 0 Å². The minimum atomic E-state index is -3.72. The smallest absolute Gasteiger partial charge is 0.293 e. The van der Waals surface area contributed by atoms with Crippen LogP contribution in [-0.4, -0.2) is 51.0 Å². The molecule has 2 N–H and O–H groups in total. The third kappa shape index (κ3) is 5.15. The minimum absolute atomic E-state index is 0.115. The summed E-state index contributed by atoms with van der Waals surface area (Å²) in [5, 5.41) is 14.6. The summed E-state index contributed by atoms with van der Waals surface area (Å²) in [4.78, 5) is 13.2. The molecule has 0 saturated carbocycles. The summed E-state index contributed by atoms with van der Waals surface area (Å²) in [5.41, 5.74) is 0.115. The second kappa shape index (κ2) is 8.79. The van der Waals surface area contributed by atoms with Crippen LogP contribution in [0.25, 0.3) is 0 Å². The van der Waals surface area contributed by atoms with Crippen molar-refractivity contribution < 1.29 is 13.3 Å². The Labute approximate surface area is 155 Å². The number of nitrogens with zero attached hydrogens (tertiary/aromatic N) is 2. The zero-order chi connectivity index (χ0) is 19.3. The second-order valence-electron chi connectivity index (χ2n) is 7.05. The highest BCUT2D eigenvalue weighted by Crippen LogP contribution is 2.28. The lowest BCUT2D eigenvalue weighted by Crippen LogP contribution is -2.39. The number of nitrogens with one attached hydrogen (secondary N) is 2. The van der Waals surface area contributed by atoms with Crippen molar-refractivity contribution >= 4 is 21.4 Å². The number of nitro benzene ring substituents is 1. The van der Waals surface area contributed by atoms with Gasteiger partial charge in [0.25, 0.3) is 5.69 Å². The molecule has 1 atom stereocenters. The largest absolute Gasteiger partial charge is 0.378 e. The van der Waals surface area contributed by atoms with Crippen molar-refractivity contribution in [3.63, 3.8) is 0 Å². The van der Waals surface area contributed by atoms with E-state index in [0.717, 1.165) is 25.6 Å². The van der Waals surface area contributed by atoms with Crippen molar-refractivity contribution in [3.8, 4) is 0 Å². The fraction of sp³-hybridized carbons (Fsp3) is 0.647. The summed E-state index contributed by atoms with van der Waals surface area (Å²) in [5.74, 6) is 0.528. The SMILES string of the molecule is CNS(=O)(=O)c1ccc(NC[C@H](CC(C)C)N2CCCC2)c([N+](=O)[O-])c1. The number of sulfonamides is 1. The molecule has 0 unspecified atom stereocenters. The highest BCUT2D eigenvalue weighted by molar-refractivity contribution is 7.89. The lowest BCUT2D eigenvalue weighted by atomic mass is 10.0. The Morgan fingerprint density at radius 2 is 1.92 bits per heavy atom. The molecule has 0 aromatic heterocycles. The van der Waals surface area contributed by atoms with Crippen molar-refractivity contribution in [1.82, 2.24) is 9.62 Å². The molecule has 1 fully saturated rings. The van der Waals surface area contributed by atoms with E-state index in [0.29, 0.717) is 24.2 Å². The molecular weight excluding hydrogens is 356 g/mol. The van der Waals surface area contributed by atoms with Gasteiger partial charge in [-0.15, -0.1) is 0 Å². The maximum Gasteiger partial charge on any atom is 0.293 e. The first kappa shape index (κ1) is 20.6.